The fraction of sp³-hybridized carbons (Fsp3) is 0.211. The van der Waals surface area contributed by atoms with Gasteiger partial charge in [-0.25, -0.2) is 8.78 Å². The molecule has 1 heterocycles. The second-order valence-electron chi connectivity index (χ2n) is 5.90. The number of likely N-dealkylation sites (N-methyl/N-ethyl adjacent to an activating group) is 1. The fourth-order valence-corrected chi connectivity index (χ4v) is 2.75. The van der Waals surface area contributed by atoms with Crippen molar-refractivity contribution in [3.05, 3.63) is 59.8 Å². The van der Waals surface area contributed by atoms with Crippen molar-refractivity contribution in [3.63, 3.8) is 0 Å². The van der Waals surface area contributed by atoms with E-state index in [0.717, 1.165) is 0 Å². The van der Waals surface area contributed by atoms with Crippen molar-refractivity contribution >= 4 is 28.5 Å². The van der Waals surface area contributed by atoms with Crippen molar-refractivity contribution < 1.29 is 18.3 Å². The Bertz CT molecular complexity index is 868. The molecule has 0 aliphatic carbocycles. The molecular formula is C19H19F2N3O2. The van der Waals surface area contributed by atoms with Crippen molar-refractivity contribution in [1.82, 2.24) is 0 Å². The number of nitrogens with one attached hydrogen (secondary N) is 2. The molecule has 0 saturated heterocycles. The van der Waals surface area contributed by atoms with Gasteiger partial charge in [0.05, 0.1) is 23.6 Å². The van der Waals surface area contributed by atoms with Gasteiger partial charge in [-0.1, -0.05) is 6.07 Å². The summed E-state index contributed by atoms with van der Waals surface area (Å²) in [7, 11) is 3.36. The SMILES string of the molecule is COCCN(C)c1ccc(NC=C2C(=O)Nc3cccc(F)c32)cc1F. The first kappa shape index (κ1) is 17.9. The van der Waals surface area contributed by atoms with E-state index in [1.807, 2.05) is 0 Å². The summed E-state index contributed by atoms with van der Waals surface area (Å²) in [5.74, 6) is -1.31. The van der Waals surface area contributed by atoms with Gasteiger partial charge in [0, 0.05) is 38.2 Å². The number of nitrogens with zero attached hydrogens (tertiary/aromatic N) is 1. The maximum absolute atomic E-state index is 14.3. The quantitative estimate of drug-likeness (QED) is 0.776. The molecule has 0 saturated carbocycles. The van der Waals surface area contributed by atoms with Crippen LogP contribution < -0.4 is 15.5 Å². The molecule has 2 aromatic carbocycles. The zero-order valence-electron chi connectivity index (χ0n) is 14.5. The average Bonchev–Trinajstić information content (AvgIpc) is 2.94. The number of amides is 1. The number of carbonyl (C=O) groups excluding carboxylic acids is 1. The topological polar surface area (TPSA) is 53.6 Å². The van der Waals surface area contributed by atoms with Gasteiger partial charge < -0.3 is 20.3 Å². The Hall–Kier alpha value is -2.93. The van der Waals surface area contributed by atoms with Crippen molar-refractivity contribution in [2.45, 2.75) is 0 Å². The van der Waals surface area contributed by atoms with Gasteiger partial charge in [0.25, 0.3) is 5.91 Å². The maximum atomic E-state index is 14.3. The van der Waals surface area contributed by atoms with Crippen LogP contribution in [-0.4, -0.2) is 33.2 Å². The highest BCUT2D eigenvalue weighted by atomic mass is 19.1. The van der Waals surface area contributed by atoms with Crippen LogP contribution >= 0.6 is 0 Å². The predicted octanol–water partition coefficient (Wildman–Crippen LogP) is 3.45. The molecule has 2 N–H and O–H groups in total. The molecule has 26 heavy (non-hydrogen) atoms. The van der Waals surface area contributed by atoms with Crippen LogP contribution in [0.15, 0.2) is 42.6 Å². The molecule has 136 valence electrons. The average molecular weight is 359 g/mol. The number of carbonyl (C=O) groups is 1. The summed E-state index contributed by atoms with van der Waals surface area (Å²) in [6, 6.07) is 9.09. The Labute approximate surface area is 150 Å². The Kier molecular flexibility index (Phi) is 5.18. The zero-order chi connectivity index (χ0) is 18.7. The van der Waals surface area contributed by atoms with E-state index in [1.54, 1.807) is 37.3 Å². The largest absolute Gasteiger partial charge is 0.383 e. The van der Waals surface area contributed by atoms with Gasteiger partial charge in [0.1, 0.15) is 11.6 Å². The highest BCUT2D eigenvalue weighted by Gasteiger charge is 2.27. The van der Waals surface area contributed by atoms with Gasteiger partial charge in [0.15, 0.2) is 0 Å². The lowest BCUT2D eigenvalue weighted by atomic mass is 10.1. The number of ether oxygens (including phenoxy) is 1. The minimum absolute atomic E-state index is 0.166. The molecule has 7 heteroatoms. The number of halogens is 2. The van der Waals surface area contributed by atoms with E-state index in [4.69, 9.17) is 4.74 Å². The van der Waals surface area contributed by atoms with Crippen LogP contribution in [0.25, 0.3) is 5.57 Å². The molecule has 0 spiro atoms. The minimum Gasteiger partial charge on any atom is -0.383 e. The van der Waals surface area contributed by atoms with Gasteiger partial charge in [-0.15, -0.1) is 0 Å². The van der Waals surface area contributed by atoms with E-state index < -0.39 is 17.5 Å². The normalized spacial score (nSPS) is 14.3. The standard InChI is InChI=1S/C19H19F2N3O2/c1-24(8-9-26-2)17-7-6-12(10-15(17)21)22-11-13-18-14(20)4-3-5-16(18)23-19(13)25/h3-7,10-11,22H,8-9H2,1-2H3,(H,23,25). The third kappa shape index (κ3) is 3.52. The molecular weight excluding hydrogens is 340 g/mol. The van der Waals surface area contributed by atoms with Gasteiger partial charge >= 0.3 is 0 Å². The van der Waals surface area contributed by atoms with Crippen LogP contribution in [0.3, 0.4) is 0 Å². The van der Waals surface area contributed by atoms with Gasteiger partial charge in [-0.2, -0.15) is 0 Å². The van der Waals surface area contributed by atoms with Crippen LogP contribution in [0.4, 0.5) is 25.8 Å². The highest BCUT2D eigenvalue weighted by molar-refractivity contribution is 6.31. The van der Waals surface area contributed by atoms with Crippen LogP contribution in [0, 0.1) is 11.6 Å². The van der Waals surface area contributed by atoms with E-state index >= 15 is 0 Å². The van der Waals surface area contributed by atoms with Crippen LogP contribution in [0.1, 0.15) is 5.56 Å². The first-order valence-corrected chi connectivity index (χ1v) is 8.08. The predicted molar refractivity (Wildman–Crippen MR) is 98.2 cm³/mol. The van der Waals surface area contributed by atoms with Crippen LogP contribution in [0.5, 0.6) is 0 Å². The van der Waals surface area contributed by atoms with Crippen molar-refractivity contribution in [2.24, 2.45) is 0 Å². The fourth-order valence-electron chi connectivity index (χ4n) is 2.75. The first-order chi connectivity index (χ1) is 12.5. The number of methoxy groups -OCH3 is 1. The van der Waals surface area contributed by atoms with E-state index in [-0.39, 0.29) is 11.1 Å². The summed E-state index contributed by atoms with van der Waals surface area (Å²) in [6.07, 6.45) is 1.38. The lowest BCUT2D eigenvalue weighted by molar-refractivity contribution is -0.110. The van der Waals surface area contributed by atoms with Crippen molar-refractivity contribution in [2.75, 3.05) is 42.8 Å². The Morgan fingerprint density at radius 1 is 1.23 bits per heavy atom. The first-order valence-electron chi connectivity index (χ1n) is 8.08. The zero-order valence-corrected chi connectivity index (χ0v) is 14.5. The lowest BCUT2D eigenvalue weighted by Crippen LogP contribution is -2.23. The van der Waals surface area contributed by atoms with Crippen molar-refractivity contribution in [3.8, 4) is 0 Å². The number of hydrogen-bond acceptors (Lipinski definition) is 4. The Morgan fingerprint density at radius 3 is 2.77 bits per heavy atom. The second-order valence-corrected chi connectivity index (χ2v) is 5.90. The minimum atomic E-state index is -0.491. The van der Waals surface area contributed by atoms with Crippen LogP contribution in [0.2, 0.25) is 0 Å². The molecule has 0 unspecified atom stereocenters. The molecule has 3 rings (SSSR count). The van der Waals surface area contributed by atoms with E-state index in [9.17, 15) is 13.6 Å². The third-order valence-corrected chi connectivity index (χ3v) is 4.15. The summed E-state index contributed by atoms with van der Waals surface area (Å²) >= 11 is 0. The molecule has 0 atom stereocenters. The number of hydrogen-bond donors (Lipinski definition) is 2. The molecule has 1 aliphatic rings. The second kappa shape index (κ2) is 7.53. The van der Waals surface area contributed by atoms with Crippen LogP contribution in [-0.2, 0) is 9.53 Å². The molecule has 2 aromatic rings. The molecule has 0 bridgehead atoms. The number of anilines is 3. The Morgan fingerprint density at radius 2 is 2.04 bits per heavy atom. The summed E-state index contributed by atoms with van der Waals surface area (Å²) in [5.41, 5.74) is 1.69. The lowest BCUT2D eigenvalue weighted by Gasteiger charge is -2.19. The Balaban J connectivity index is 1.80. The summed E-state index contributed by atoms with van der Waals surface area (Å²) < 4.78 is 33.3. The van der Waals surface area contributed by atoms with Crippen molar-refractivity contribution in [1.29, 1.82) is 0 Å². The molecule has 0 fully saturated rings. The molecule has 1 aliphatic heterocycles. The van der Waals surface area contributed by atoms with Gasteiger partial charge in [-0.05, 0) is 30.3 Å². The maximum Gasteiger partial charge on any atom is 0.257 e. The van der Waals surface area contributed by atoms with E-state index in [2.05, 4.69) is 10.6 Å². The van der Waals surface area contributed by atoms with Gasteiger partial charge in [-0.3, -0.25) is 4.79 Å². The van der Waals surface area contributed by atoms with Gasteiger partial charge in [0.2, 0.25) is 0 Å². The summed E-state index contributed by atoms with van der Waals surface area (Å²) in [4.78, 5) is 13.8. The van der Waals surface area contributed by atoms with E-state index in [1.165, 1.54) is 24.4 Å². The summed E-state index contributed by atoms with van der Waals surface area (Å²) in [5, 5.41) is 5.46. The summed E-state index contributed by atoms with van der Waals surface area (Å²) in [6.45, 7) is 1.04. The van der Waals surface area contributed by atoms with E-state index in [0.29, 0.717) is 30.2 Å². The molecule has 0 radical (unpaired) electrons. The number of fused-ring (bicyclic) bond motifs is 1. The molecule has 1 amide bonds. The third-order valence-electron chi connectivity index (χ3n) is 4.15. The molecule has 5 nitrogen and oxygen atoms in total. The number of benzene rings is 2. The monoisotopic (exact) mass is 359 g/mol. The highest BCUT2D eigenvalue weighted by Crippen LogP contribution is 2.33. The number of rotatable bonds is 6. The molecule has 0 aromatic heterocycles. The smallest absolute Gasteiger partial charge is 0.257 e.